The first-order valence-corrected chi connectivity index (χ1v) is 11.2. The number of fused-ring (bicyclic) bond motifs is 1. The predicted molar refractivity (Wildman–Crippen MR) is 125 cm³/mol. The van der Waals surface area contributed by atoms with E-state index < -0.39 is 12.1 Å². The van der Waals surface area contributed by atoms with Gasteiger partial charge in [-0.05, 0) is 30.2 Å². The minimum absolute atomic E-state index is 0.244. The molecule has 2 aromatic heterocycles. The minimum atomic E-state index is -5.08. The summed E-state index contributed by atoms with van der Waals surface area (Å²) in [5.74, 6) is -0.812. The highest BCUT2D eigenvalue weighted by molar-refractivity contribution is 5.74. The number of phenolic OH excluding ortho intramolecular Hbond substituents is 1. The molecule has 9 nitrogen and oxygen atoms in total. The Hall–Kier alpha value is -3.93. The molecule has 4 heterocycles. The van der Waals surface area contributed by atoms with E-state index in [1.54, 1.807) is 18.3 Å². The van der Waals surface area contributed by atoms with Gasteiger partial charge in [-0.25, -0.2) is 9.78 Å². The summed E-state index contributed by atoms with van der Waals surface area (Å²) in [4.78, 5) is 27.5. The molecule has 1 saturated heterocycles. The lowest BCUT2D eigenvalue weighted by Crippen LogP contribution is -2.37. The summed E-state index contributed by atoms with van der Waals surface area (Å²) in [6, 6.07) is 11.4. The van der Waals surface area contributed by atoms with Crippen molar-refractivity contribution in [1.82, 2.24) is 15.0 Å². The number of alkyl halides is 3. The van der Waals surface area contributed by atoms with Crippen LogP contribution >= 0.6 is 0 Å². The summed E-state index contributed by atoms with van der Waals surface area (Å²) in [6.45, 7) is 4.57. The van der Waals surface area contributed by atoms with Crippen molar-refractivity contribution in [1.29, 1.82) is 0 Å². The van der Waals surface area contributed by atoms with Crippen molar-refractivity contribution in [2.75, 3.05) is 42.6 Å². The summed E-state index contributed by atoms with van der Waals surface area (Å²) in [7, 11) is 0. The van der Waals surface area contributed by atoms with Gasteiger partial charge in [0, 0.05) is 49.7 Å². The molecule has 0 saturated carbocycles. The SMILES string of the molecule is O=C(O)C(F)(F)F.Oc1cccc(-c2nc(N3CCOCC3)nc3c2CCN3Cc2cccnc2)c1. The Morgan fingerprint density at radius 3 is 2.47 bits per heavy atom. The van der Waals surface area contributed by atoms with Crippen molar-refractivity contribution >= 4 is 17.7 Å². The number of phenols is 1. The highest BCUT2D eigenvalue weighted by Crippen LogP contribution is 2.37. The topological polar surface area (TPSA) is 112 Å². The first-order chi connectivity index (χ1) is 17.2. The van der Waals surface area contributed by atoms with Gasteiger partial charge >= 0.3 is 12.1 Å². The number of aromatic hydroxyl groups is 1. The molecule has 12 heteroatoms. The lowest BCUT2D eigenvalue weighted by Gasteiger charge is -2.28. The van der Waals surface area contributed by atoms with Crippen LogP contribution < -0.4 is 9.80 Å². The molecule has 36 heavy (non-hydrogen) atoms. The maximum Gasteiger partial charge on any atom is 0.490 e. The van der Waals surface area contributed by atoms with Crippen LogP contribution in [0.25, 0.3) is 11.3 Å². The number of ether oxygens (including phenoxy) is 1. The summed E-state index contributed by atoms with van der Waals surface area (Å²) in [5, 5.41) is 17.1. The zero-order valence-electron chi connectivity index (χ0n) is 19.1. The first-order valence-electron chi connectivity index (χ1n) is 11.2. The Kier molecular flexibility index (Phi) is 7.53. The van der Waals surface area contributed by atoms with E-state index in [1.807, 2.05) is 24.4 Å². The second-order valence-electron chi connectivity index (χ2n) is 8.16. The van der Waals surface area contributed by atoms with Gasteiger partial charge in [0.15, 0.2) is 0 Å². The number of aliphatic carboxylic acids is 1. The summed E-state index contributed by atoms with van der Waals surface area (Å²) in [5.41, 5.74) is 4.12. The highest BCUT2D eigenvalue weighted by Gasteiger charge is 2.38. The van der Waals surface area contributed by atoms with Crippen molar-refractivity contribution in [2.45, 2.75) is 19.1 Å². The Bertz CT molecular complexity index is 1200. The number of aromatic nitrogens is 3. The van der Waals surface area contributed by atoms with Crippen LogP contribution in [0.2, 0.25) is 0 Å². The summed E-state index contributed by atoms with van der Waals surface area (Å²) >= 11 is 0. The van der Waals surface area contributed by atoms with Gasteiger partial charge in [-0.2, -0.15) is 18.2 Å². The van der Waals surface area contributed by atoms with E-state index in [1.165, 1.54) is 0 Å². The van der Waals surface area contributed by atoms with Gasteiger partial charge in [-0.1, -0.05) is 18.2 Å². The van der Waals surface area contributed by atoms with E-state index in [2.05, 4.69) is 20.9 Å². The number of pyridine rings is 1. The molecule has 0 radical (unpaired) electrons. The molecule has 0 unspecified atom stereocenters. The van der Waals surface area contributed by atoms with Crippen LogP contribution in [0.1, 0.15) is 11.1 Å². The number of nitrogens with zero attached hydrogens (tertiary/aromatic N) is 5. The van der Waals surface area contributed by atoms with Gasteiger partial charge in [0.25, 0.3) is 0 Å². The van der Waals surface area contributed by atoms with Gasteiger partial charge in [0.2, 0.25) is 5.95 Å². The van der Waals surface area contributed by atoms with Gasteiger partial charge in [-0.15, -0.1) is 0 Å². The number of halogens is 3. The summed E-state index contributed by atoms with van der Waals surface area (Å²) in [6.07, 6.45) is -0.512. The van der Waals surface area contributed by atoms with Gasteiger partial charge in [0.05, 0.1) is 18.9 Å². The largest absolute Gasteiger partial charge is 0.508 e. The van der Waals surface area contributed by atoms with Crippen LogP contribution in [0, 0.1) is 0 Å². The molecular weight excluding hydrogens is 479 g/mol. The first kappa shape index (κ1) is 25.2. The van der Waals surface area contributed by atoms with Crippen LogP contribution in [-0.4, -0.2) is 70.2 Å². The van der Waals surface area contributed by atoms with E-state index >= 15 is 0 Å². The quantitative estimate of drug-likeness (QED) is 0.554. The van der Waals surface area contributed by atoms with Crippen LogP contribution in [-0.2, 0) is 22.5 Å². The molecule has 2 N–H and O–H groups in total. The van der Waals surface area contributed by atoms with Crippen LogP contribution in [0.15, 0.2) is 48.8 Å². The smallest absolute Gasteiger partial charge is 0.490 e. The summed E-state index contributed by atoms with van der Waals surface area (Å²) < 4.78 is 37.2. The monoisotopic (exact) mass is 503 g/mol. The zero-order valence-corrected chi connectivity index (χ0v) is 19.1. The van der Waals surface area contributed by atoms with Gasteiger partial charge in [0.1, 0.15) is 11.6 Å². The Balaban J connectivity index is 0.000000384. The number of morpholine rings is 1. The second-order valence-corrected chi connectivity index (χ2v) is 8.16. The molecule has 2 aliphatic heterocycles. The van der Waals surface area contributed by atoms with E-state index in [0.29, 0.717) is 13.2 Å². The van der Waals surface area contributed by atoms with Crippen LogP contribution in [0.3, 0.4) is 0 Å². The second kappa shape index (κ2) is 10.8. The molecule has 0 atom stereocenters. The third kappa shape index (κ3) is 6.00. The maximum atomic E-state index is 10.6. The van der Waals surface area contributed by atoms with E-state index in [-0.39, 0.29) is 5.75 Å². The average molecular weight is 503 g/mol. The molecule has 5 rings (SSSR count). The lowest BCUT2D eigenvalue weighted by atomic mass is 10.1. The number of carboxylic acid groups (broad SMARTS) is 1. The molecule has 190 valence electrons. The van der Waals surface area contributed by atoms with Crippen LogP contribution in [0.5, 0.6) is 5.75 Å². The molecule has 1 fully saturated rings. The number of carbonyl (C=O) groups is 1. The fraction of sp³-hybridized carbons (Fsp3) is 0.333. The van der Waals surface area contributed by atoms with Gasteiger partial charge < -0.3 is 24.7 Å². The Morgan fingerprint density at radius 2 is 1.83 bits per heavy atom. The zero-order chi connectivity index (χ0) is 25.7. The Morgan fingerprint density at radius 1 is 1.08 bits per heavy atom. The van der Waals surface area contributed by atoms with Crippen LogP contribution in [0.4, 0.5) is 24.9 Å². The molecular formula is C24H24F3N5O4. The normalized spacial score (nSPS) is 15.2. The maximum absolute atomic E-state index is 10.6. The van der Waals surface area contributed by atoms with E-state index in [0.717, 1.165) is 66.8 Å². The third-order valence-electron chi connectivity index (χ3n) is 5.66. The number of benzene rings is 1. The standard InChI is InChI=1S/C22H23N5O2.C2HF3O2/c28-18-5-1-4-17(13-18)20-19-6-8-27(15-16-3-2-7-23-14-16)21(19)25-22(24-20)26-9-11-29-12-10-26;3-2(4,5)1(6)7/h1-5,7,13-14,28H,6,8-12,15H2;(H,6,7). The number of hydrogen-bond donors (Lipinski definition) is 2. The molecule has 3 aromatic rings. The number of carboxylic acids is 1. The lowest BCUT2D eigenvalue weighted by molar-refractivity contribution is -0.192. The third-order valence-corrected chi connectivity index (χ3v) is 5.66. The van der Waals surface area contributed by atoms with Crippen molar-refractivity contribution in [3.8, 4) is 17.0 Å². The molecule has 0 amide bonds. The van der Waals surface area contributed by atoms with Crippen molar-refractivity contribution in [3.63, 3.8) is 0 Å². The molecule has 0 spiro atoms. The van der Waals surface area contributed by atoms with Gasteiger partial charge in [-0.3, -0.25) is 4.98 Å². The number of anilines is 2. The van der Waals surface area contributed by atoms with Crippen molar-refractivity contribution < 1.29 is 32.9 Å². The van der Waals surface area contributed by atoms with E-state index in [4.69, 9.17) is 24.6 Å². The van der Waals surface area contributed by atoms with Crippen molar-refractivity contribution in [2.24, 2.45) is 0 Å². The average Bonchev–Trinajstić information content (AvgIpc) is 3.27. The van der Waals surface area contributed by atoms with Crippen molar-refractivity contribution in [3.05, 3.63) is 59.9 Å². The molecule has 1 aromatic carbocycles. The molecule has 2 aliphatic rings. The molecule has 0 aliphatic carbocycles. The number of hydrogen-bond acceptors (Lipinski definition) is 8. The number of rotatable bonds is 4. The highest BCUT2D eigenvalue weighted by atomic mass is 19.4. The Labute approximate surface area is 204 Å². The minimum Gasteiger partial charge on any atom is -0.508 e. The molecule has 0 bridgehead atoms. The van der Waals surface area contributed by atoms with E-state index in [9.17, 15) is 18.3 Å². The fourth-order valence-electron chi connectivity index (χ4n) is 3.97. The predicted octanol–water partition coefficient (Wildman–Crippen LogP) is 3.28. The fourth-order valence-corrected chi connectivity index (χ4v) is 3.97.